The number of nitrogens with zero attached hydrogens (tertiary/aromatic N) is 2. The summed E-state index contributed by atoms with van der Waals surface area (Å²) in [4.78, 5) is 21.2. The molecule has 0 aliphatic rings. The first-order valence-corrected chi connectivity index (χ1v) is 10.4. The van der Waals surface area contributed by atoms with Crippen LogP contribution in [0.1, 0.15) is 10.4 Å². The zero-order valence-corrected chi connectivity index (χ0v) is 17.6. The highest BCUT2D eigenvalue weighted by Gasteiger charge is 2.09. The van der Waals surface area contributed by atoms with Crippen molar-refractivity contribution in [2.45, 2.75) is 0 Å². The molecule has 1 amide bonds. The number of pyridine rings is 2. The van der Waals surface area contributed by atoms with E-state index in [-0.39, 0.29) is 5.91 Å². The zero-order valence-electron chi connectivity index (χ0n) is 17.6. The van der Waals surface area contributed by atoms with Crippen molar-refractivity contribution in [1.29, 1.82) is 0 Å². The molecule has 5 rings (SSSR count). The van der Waals surface area contributed by atoms with Gasteiger partial charge in [0.1, 0.15) is 11.5 Å². The lowest BCUT2D eigenvalue weighted by molar-refractivity contribution is 0.102. The van der Waals surface area contributed by atoms with Gasteiger partial charge in [-0.1, -0.05) is 24.3 Å². The van der Waals surface area contributed by atoms with Crippen molar-refractivity contribution >= 4 is 33.9 Å². The van der Waals surface area contributed by atoms with Gasteiger partial charge in [-0.05, 0) is 66.7 Å². The summed E-state index contributed by atoms with van der Waals surface area (Å²) in [5.41, 5.74) is 3.90. The van der Waals surface area contributed by atoms with Crippen LogP contribution in [0.15, 0.2) is 110 Å². The molecular formula is C27H20N4O2. The molecule has 6 nitrogen and oxygen atoms in total. The summed E-state index contributed by atoms with van der Waals surface area (Å²) in [5.74, 6) is 1.18. The molecule has 0 saturated heterocycles. The van der Waals surface area contributed by atoms with Gasteiger partial charge in [-0.2, -0.15) is 0 Å². The Morgan fingerprint density at radius 3 is 2.36 bits per heavy atom. The summed E-state index contributed by atoms with van der Waals surface area (Å²) < 4.78 is 5.76. The van der Waals surface area contributed by atoms with Crippen molar-refractivity contribution in [2.24, 2.45) is 0 Å². The Hall–Kier alpha value is -4.71. The minimum Gasteiger partial charge on any atom is -0.457 e. The van der Waals surface area contributed by atoms with Gasteiger partial charge in [0.05, 0.1) is 5.52 Å². The van der Waals surface area contributed by atoms with Gasteiger partial charge in [0.25, 0.3) is 5.91 Å². The Morgan fingerprint density at radius 2 is 1.52 bits per heavy atom. The molecule has 2 N–H and O–H groups in total. The Balaban J connectivity index is 1.28. The second kappa shape index (κ2) is 9.20. The van der Waals surface area contributed by atoms with Crippen LogP contribution in [0, 0.1) is 0 Å². The van der Waals surface area contributed by atoms with Crippen LogP contribution >= 0.6 is 0 Å². The number of ether oxygens (including phenoxy) is 1. The number of carbonyl (C=O) groups is 1. The van der Waals surface area contributed by atoms with Crippen molar-refractivity contribution < 1.29 is 9.53 Å². The van der Waals surface area contributed by atoms with E-state index in [4.69, 9.17) is 4.74 Å². The number of para-hydroxylation sites is 1. The largest absolute Gasteiger partial charge is 0.457 e. The standard InChI is InChI=1S/C27H20N4O2/c32-27(31-20-8-10-22(11-9-20)33-23-12-15-28-16-13-23)19-4-3-5-21(18-19)30-26-14-17-29-25-7-2-1-6-24(25)26/h1-18H,(H,29,30)(H,31,32). The van der Waals surface area contributed by atoms with Crippen LogP contribution in [-0.4, -0.2) is 15.9 Å². The summed E-state index contributed by atoms with van der Waals surface area (Å²) in [6, 6.07) is 28.0. The highest BCUT2D eigenvalue weighted by atomic mass is 16.5. The predicted octanol–water partition coefficient (Wildman–Crippen LogP) is 6.42. The third kappa shape index (κ3) is 4.80. The fraction of sp³-hybridized carbons (Fsp3) is 0. The summed E-state index contributed by atoms with van der Waals surface area (Å²) in [6.07, 6.45) is 5.11. The molecule has 3 aromatic carbocycles. The van der Waals surface area contributed by atoms with Gasteiger partial charge in [-0.3, -0.25) is 14.8 Å². The lowest BCUT2D eigenvalue weighted by Crippen LogP contribution is -2.12. The molecular weight excluding hydrogens is 412 g/mol. The summed E-state index contributed by atoms with van der Waals surface area (Å²) in [5, 5.41) is 7.34. The first kappa shape index (κ1) is 20.2. The van der Waals surface area contributed by atoms with Crippen molar-refractivity contribution in [3.63, 3.8) is 0 Å². The van der Waals surface area contributed by atoms with Gasteiger partial charge in [0.2, 0.25) is 0 Å². The Morgan fingerprint density at radius 1 is 0.727 bits per heavy atom. The van der Waals surface area contributed by atoms with Crippen molar-refractivity contribution in [3.05, 3.63) is 115 Å². The van der Waals surface area contributed by atoms with Gasteiger partial charge in [0, 0.05) is 46.6 Å². The molecule has 33 heavy (non-hydrogen) atoms. The molecule has 0 unspecified atom stereocenters. The Bertz CT molecular complexity index is 1400. The van der Waals surface area contributed by atoms with Crippen LogP contribution in [0.25, 0.3) is 10.9 Å². The van der Waals surface area contributed by atoms with Crippen LogP contribution in [0.3, 0.4) is 0 Å². The molecule has 2 heterocycles. The fourth-order valence-electron chi connectivity index (χ4n) is 3.45. The number of benzene rings is 3. The third-order valence-corrected chi connectivity index (χ3v) is 5.05. The molecule has 0 aliphatic carbocycles. The molecule has 0 aliphatic heterocycles. The summed E-state index contributed by atoms with van der Waals surface area (Å²) in [6.45, 7) is 0. The second-order valence-corrected chi connectivity index (χ2v) is 7.34. The van der Waals surface area contributed by atoms with E-state index in [1.54, 1.807) is 48.9 Å². The van der Waals surface area contributed by atoms with Crippen LogP contribution in [-0.2, 0) is 0 Å². The SMILES string of the molecule is O=C(Nc1ccc(Oc2ccncc2)cc1)c1cccc(Nc2ccnc3ccccc23)c1. The normalized spacial score (nSPS) is 10.5. The highest BCUT2D eigenvalue weighted by Crippen LogP contribution is 2.26. The van der Waals surface area contributed by atoms with Crippen molar-refractivity contribution in [3.8, 4) is 11.5 Å². The molecule has 160 valence electrons. The minimum absolute atomic E-state index is 0.193. The number of fused-ring (bicyclic) bond motifs is 1. The number of hydrogen-bond acceptors (Lipinski definition) is 5. The number of anilines is 3. The van der Waals surface area contributed by atoms with E-state index in [0.717, 1.165) is 22.3 Å². The topological polar surface area (TPSA) is 76.1 Å². The molecule has 6 heteroatoms. The number of nitrogens with one attached hydrogen (secondary N) is 2. The lowest BCUT2D eigenvalue weighted by Gasteiger charge is -2.11. The van der Waals surface area contributed by atoms with E-state index in [1.807, 2.05) is 60.7 Å². The average molecular weight is 432 g/mol. The molecule has 0 radical (unpaired) electrons. The van der Waals surface area contributed by atoms with Crippen molar-refractivity contribution in [1.82, 2.24) is 9.97 Å². The van der Waals surface area contributed by atoms with Gasteiger partial charge in [-0.25, -0.2) is 0 Å². The molecule has 0 fully saturated rings. The quantitative estimate of drug-likeness (QED) is 0.324. The molecule has 0 atom stereocenters. The Kier molecular flexibility index (Phi) is 5.63. The maximum Gasteiger partial charge on any atom is 0.255 e. The maximum atomic E-state index is 12.8. The summed E-state index contributed by atoms with van der Waals surface area (Å²) in [7, 11) is 0. The van der Waals surface area contributed by atoms with Gasteiger partial charge < -0.3 is 15.4 Å². The third-order valence-electron chi connectivity index (χ3n) is 5.05. The number of rotatable bonds is 6. The first-order chi connectivity index (χ1) is 16.2. The predicted molar refractivity (Wildman–Crippen MR) is 130 cm³/mol. The number of amides is 1. The molecule has 0 bridgehead atoms. The monoisotopic (exact) mass is 432 g/mol. The van der Waals surface area contributed by atoms with Crippen LogP contribution in [0.4, 0.5) is 17.1 Å². The van der Waals surface area contributed by atoms with Crippen molar-refractivity contribution in [2.75, 3.05) is 10.6 Å². The lowest BCUT2D eigenvalue weighted by atomic mass is 10.1. The summed E-state index contributed by atoms with van der Waals surface area (Å²) >= 11 is 0. The minimum atomic E-state index is -0.193. The van der Waals surface area contributed by atoms with E-state index in [9.17, 15) is 4.79 Å². The molecule has 0 saturated carbocycles. The van der Waals surface area contributed by atoms with Crippen LogP contribution in [0.5, 0.6) is 11.5 Å². The van der Waals surface area contributed by atoms with Gasteiger partial charge >= 0.3 is 0 Å². The first-order valence-electron chi connectivity index (χ1n) is 10.4. The number of carbonyl (C=O) groups excluding carboxylic acids is 1. The van der Waals surface area contributed by atoms with E-state index in [0.29, 0.717) is 22.7 Å². The van der Waals surface area contributed by atoms with Crippen LogP contribution < -0.4 is 15.4 Å². The maximum absolute atomic E-state index is 12.8. The Labute approximate surface area is 190 Å². The van der Waals surface area contributed by atoms with Gasteiger partial charge in [0.15, 0.2) is 0 Å². The highest BCUT2D eigenvalue weighted by molar-refractivity contribution is 6.05. The van der Waals surface area contributed by atoms with E-state index in [1.165, 1.54) is 0 Å². The van der Waals surface area contributed by atoms with Gasteiger partial charge in [-0.15, -0.1) is 0 Å². The fourth-order valence-corrected chi connectivity index (χ4v) is 3.45. The molecule has 2 aromatic heterocycles. The number of hydrogen-bond donors (Lipinski definition) is 2. The van der Waals surface area contributed by atoms with Crippen LogP contribution in [0.2, 0.25) is 0 Å². The second-order valence-electron chi connectivity index (χ2n) is 7.34. The van der Waals surface area contributed by atoms with E-state index < -0.39 is 0 Å². The average Bonchev–Trinajstić information content (AvgIpc) is 2.86. The zero-order chi connectivity index (χ0) is 22.5. The molecule has 5 aromatic rings. The number of aromatic nitrogens is 2. The van der Waals surface area contributed by atoms with E-state index >= 15 is 0 Å². The smallest absolute Gasteiger partial charge is 0.255 e. The van der Waals surface area contributed by atoms with E-state index in [2.05, 4.69) is 20.6 Å². The molecule has 0 spiro atoms.